The van der Waals surface area contributed by atoms with Gasteiger partial charge in [0.25, 0.3) is 0 Å². The normalized spacial score (nSPS) is 13.4. The second-order valence-corrected chi connectivity index (χ2v) is 13.1. The smallest absolute Gasteiger partial charge is 0.360 e. The standard InChI is InChI=1S/C41H46N4O4/c1-29(2)35-23-36(38(49-28-33-17-11-6-12-18-33)24-37(35)48-27-32-15-9-5-10-16-32)45-40(39(43-44-45)41(46)47-3)34-21-19-31(20-22-34)26-42-25-30-13-7-4-8-14-30/h5-6,9-12,15-24,29-30,42H,4,7-8,13-14,25-28H2,1-3H3. The highest BCUT2D eigenvalue weighted by Crippen LogP contribution is 2.39. The predicted octanol–water partition coefficient (Wildman–Crippen LogP) is 8.67. The molecular weight excluding hydrogens is 612 g/mol. The molecule has 1 aliphatic carbocycles. The number of hydrogen-bond acceptors (Lipinski definition) is 7. The molecule has 0 saturated heterocycles. The van der Waals surface area contributed by atoms with Gasteiger partial charge in [0.2, 0.25) is 0 Å². The zero-order valence-corrected chi connectivity index (χ0v) is 28.7. The zero-order chi connectivity index (χ0) is 34.0. The molecule has 0 spiro atoms. The Kier molecular flexibility index (Phi) is 11.4. The Balaban J connectivity index is 1.36. The number of ether oxygens (including phenoxy) is 3. The average Bonchev–Trinajstić information content (AvgIpc) is 3.59. The molecule has 1 heterocycles. The molecule has 8 heteroatoms. The average molecular weight is 659 g/mol. The molecule has 8 nitrogen and oxygen atoms in total. The quantitative estimate of drug-likeness (QED) is 0.120. The maximum Gasteiger partial charge on any atom is 0.360 e. The fourth-order valence-corrected chi connectivity index (χ4v) is 6.43. The summed E-state index contributed by atoms with van der Waals surface area (Å²) in [6.45, 7) is 6.84. The molecule has 0 aliphatic heterocycles. The Labute approximate surface area is 289 Å². The van der Waals surface area contributed by atoms with Gasteiger partial charge in [-0.05, 0) is 59.5 Å². The molecule has 0 amide bonds. The van der Waals surface area contributed by atoms with Gasteiger partial charge >= 0.3 is 5.97 Å². The van der Waals surface area contributed by atoms with E-state index in [4.69, 9.17) is 14.2 Å². The van der Waals surface area contributed by atoms with E-state index in [1.54, 1.807) is 4.68 Å². The molecule has 1 fully saturated rings. The van der Waals surface area contributed by atoms with Crippen molar-refractivity contribution >= 4 is 5.97 Å². The highest BCUT2D eigenvalue weighted by molar-refractivity contribution is 5.94. The van der Waals surface area contributed by atoms with Gasteiger partial charge in [0.15, 0.2) is 5.69 Å². The minimum absolute atomic E-state index is 0.125. The van der Waals surface area contributed by atoms with Crippen LogP contribution >= 0.6 is 0 Å². The Hall–Kier alpha value is -4.95. The van der Waals surface area contributed by atoms with Crippen LogP contribution in [0.4, 0.5) is 0 Å². The van der Waals surface area contributed by atoms with E-state index in [1.807, 2.05) is 84.9 Å². The minimum atomic E-state index is -0.557. The number of methoxy groups -OCH3 is 1. The lowest BCUT2D eigenvalue weighted by molar-refractivity contribution is 0.0595. The van der Waals surface area contributed by atoms with E-state index in [0.717, 1.165) is 47.0 Å². The molecule has 0 atom stereocenters. The molecule has 1 saturated carbocycles. The fraction of sp³-hybridized carbons (Fsp3) is 0.341. The SMILES string of the molecule is COC(=O)c1nnn(-c2cc(C(C)C)c(OCc3ccccc3)cc2OCc2ccccc2)c1-c1ccc(CNCC2CCCCC2)cc1. The van der Waals surface area contributed by atoms with Gasteiger partial charge in [-0.3, -0.25) is 0 Å². The molecule has 0 radical (unpaired) electrons. The van der Waals surface area contributed by atoms with Crippen LogP contribution in [0.5, 0.6) is 11.5 Å². The third-order valence-corrected chi connectivity index (χ3v) is 9.18. The number of rotatable bonds is 14. The third kappa shape index (κ3) is 8.56. The fourth-order valence-electron chi connectivity index (χ4n) is 6.43. The van der Waals surface area contributed by atoms with E-state index in [0.29, 0.717) is 30.3 Å². The summed E-state index contributed by atoms with van der Waals surface area (Å²) in [5.41, 5.74) is 6.37. The summed E-state index contributed by atoms with van der Waals surface area (Å²) in [5, 5.41) is 12.5. The van der Waals surface area contributed by atoms with Gasteiger partial charge in [0.1, 0.15) is 36.1 Å². The molecule has 0 bridgehead atoms. The van der Waals surface area contributed by atoms with Crippen LogP contribution in [0.2, 0.25) is 0 Å². The molecular formula is C41H46N4O4. The van der Waals surface area contributed by atoms with Crippen LogP contribution in [0.1, 0.15) is 84.6 Å². The first-order valence-corrected chi connectivity index (χ1v) is 17.4. The first-order valence-electron chi connectivity index (χ1n) is 17.4. The van der Waals surface area contributed by atoms with E-state index in [9.17, 15) is 4.79 Å². The summed E-state index contributed by atoms with van der Waals surface area (Å²) < 4.78 is 19.8. The van der Waals surface area contributed by atoms with E-state index in [2.05, 4.69) is 41.6 Å². The van der Waals surface area contributed by atoms with E-state index >= 15 is 0 Å². The third-order valence-electron chi connectivity index (χ3n) is 9.18. The maximum absolute atomic E-state index is 13.1. The van der Waals surface area contributed by atoms with Crippen LogP contribution < -0.4 is 14.8 Å². The Morgan fingerprint density at radius 2 is 1.45 bits per heavy atom. The van der Waals surface area contributed by atoms with Crippen molar-refractivity contribution in [2.75, 3.05) is 13.7 Å². The van der Waals surface area contributed by atoms with Gasteiger partial charge in [-0.2, -0.15) is 0 Å². The van der Waals surface area contributed by atoms with Crippen LogP contribution in [-0.2, 0) is 24.5 Å². The maximum atomic E-state index is 13.1. The number of benzene rings is 4. The van der Waals surface area contributed by atoms with E-state index in [-0.39, 0.29) is 11.6 Å². The van der Waals surface area contributed by atoms with Crippen LogP contribution in [0.15, 0.2) is 97.1 Å². The zero-order valence-electron chi connectivity index (χ0n) is 28.7. The summed E-state index contributed by atoms with van der Waals surface area (Å²) in [5.74, 6) is 1.62. The van der Waals surface area contributed by atoms with Crippen LogP contribution in [-0.4, -0.2) is 34.6 Å². The van der Waals surface area contributed by atoms with E-state index < -0.39 is 5.97 Å². The van der Waals surface area contributed by atoms with Crippen LogP contribution in [0.25, 0.3) is 16.9 Å². The van der Waals surface area contributed by atoms with Crippen molar-refractivity contribution in [3.8, 4) is 28.4 Å². The second-order valence-electron chi connectivity index (χ2n) is 13.1. The molecule has 1 N–H and O–H groups in total. The van der Waals surface area contributed by atoms with Gasteiger partial charge in [0, 0.05) is 18.2 Å². The molecule has 4 aromatic carbocycles. The number of nitrogens with zero attached hydrogens (tertiary/aromatic N) is 3. The highest BCUT2D eigenvalue weighted by atomic mass is 16.5. The van der Waals surface area contributed by atoms with Crippen molar-refractivity contribution in [3.05, 3.63) is 125 Å². The Morgan fingerprint density at radius 1 is 0.816 bits per heavy atom. The molecule has 1 aromatic heterocycles. The monoisotopic (exact) mass is 658 g/mol. The Morgan fingerprint density at radius 3 is 2.06 bits per heavy atom. The van der Waals surface area contributed by atoms with Crippen molar-refractivity contribution in [2.24, 2.45) is 5.92 Å². The lowest BCUT2D eigenvalue weighted by Crippen LogP contribution is -2.24. The summed E-state index contributed by atoms with van der Waals surface area (Å²) in [6.07, 6.45) is 6.67. The molecule has 0 unspecified atom stereocenters. The predicted molar refractivity (Wildman–Crippen MR) is 192 cm³/mol. The van der Waals surface area contributed by atoms with E-state index in [1.165, 1.54) is 44.8 Å². The number of carbonyl (C=O) groups is 1. The van der Waals surface area contributed by atoms with Crippen LogP contribution in [0.3, 0.4) is 0 Å². The van der Waals surface area contributed by atoms with Gasteiger partial charge in [-0.1, -0.05) is 123 Å². The van der Waals surface area contributed by atoms with Crippen molar-refractivity contribution in [1.82, 2.24) is 20.3 Å². The number of aromatic nitrogens is 3. The minimum Gasteiger partial charge on any atom is -0.488 e. The van der Waals surface area contributed by atoms with Crippen molar-refractivity contribution in [3.63, 3.8) is 0 Å². The van der Waals surface area contributed by atoms with Crippen molar-refractivity contribution in [1.29, 1.82) is 0 Å². The summed E-state index contributed by atoms with van der Waals surface area (Å²) in [6, 6.07) is 32.3. The summed E-state index contributed by atoms with van der Waals surface area (Å²) in [4.78, 5) is 13.1. The largest absolute Gasteiger partial charge is 0.488 e. The van der Waals surface area contributed by atoms with Crippen molar-refractivity contribution < 1.29 is 19.0 Å². The van der Waals surface area contributed by atoms with Gasteiger partial charge in [0.05, 0.1) is 7.11 Å². The number of hydrogen-bond donors (Lipinski definition) is 1. The first kappa shape index (κ1) is 33.9. The van der Waals surface area contributed by atoms with Gasteiger partial charge in [-0.15, -0.1) is 5.10 Å². The lowest BCUT2D eigenvalue weighted by Gasteiger charge is -2.21. The van der Waals surface area contributed by atoms with Crippen molar-refractivity contribution in [2.45, 2.75) is 71.6 Å². The lowest BCUT2D eigenvalue weighted by atomic mass is 9.89. The molecule has 254 valence electrons. The molecule has 6 rings (SSSR count). The second kappa shape index (κ2) is 16.4. The van der Waals surface area contributed by atoms with Crippen LogP contribution in [0, 0.1) is 5.92 Å². The molecule has 5 aromatic rings. The number of nitrogens with one attached hydrogen (secondary N) is 1. The highest BCUT2D eigenvalue weighted by Gasteiger charge is 2.26. The summed E-state index contributed by atoms with van der Waals surface area (Å²) in [7, 11) is 1.36. The van der Waals surface area contributed by atoms with Gasteiger partial charge < -0.3 is 19.5 Å². The first-order chi connectivity index (χ1) is 24.0. The topological polar surface area (TPSA) is 87.5 Å². The Bertz CT molecular complexity index is 1800. The number of carbonyl (C=O) groups excluding carboxylic acids is 1. The molecule has 49 heavy (non-hydrogen) atoms. The van der Waals surface area contributed by atoms with Gasteiger partial charge in [-0.25, -0.2) is 9.48 Å². The molecule has 1 aliphatic rings. The summed E-state index contributed by atoms with van der Waals surface area (Å²) >= 11 is 0. The number of esters is 1.